The van der Waals surface area contributed by atoms with Gasteiger partial charge in [-0.15, -0.1) is 0 Å². The fourth-order valence-corrected chi connectivity index (χ4v) is 2.75. The predicted octanol–water partition coefficient (Wildman–Crippen LogP) is 1.95. The molecule has 3 N–H and O–H groups in total. The lowest BCUT2D eigenvalue weighted by atomic mass is 10.0. The van der Waals surface area contributed by atoms with Crippen molar-refractivity contribution in [3.05, 3.63) is 59.7 Å². The van der Waals surface area contributed by atoms with Crippen LogP contribution in [-0.4, -0.2) is 27.8 Å². The Balaban J connectivity index is 1.99. The smallest absolute Gasteiger partial charge is 0.208 e. The molecule has 0 bridgehead atoms. The molecule has 0 fully saturated rings. The van der Waals surface area contributed by atoms with Crippen molar-refractivity contribution in [3.8, 4) is 11.1 Å². The molecule has 4 nitrogen and oxygen atoms in total. The maximum absolute atomic E-state index is 11.0. The van der Waals surface area contributed by atoms with Crippen LogP contribution in [-0.2, 0) is 22.9 Å². The van der Waals surface area contributed by atoms with Crippen LogP contribution < -0.4 is 10.5 Å². The van der Waals surface area contributed by atoms with Gasteiger partial charge < -0.3 is 5.73 Å². The first kappa shape index (κ1) is 16.7. The van der Waals surface area contributed by atoms with E-state index in [4.69, 9.17) is 5.73 Å². The van der Waals surface area contributed by atoms with E-state index in [1.807, 2.05) is 12.1 Å². The minimum Gasteiger partial charge on any atom is -0.330 e. The summed E-state index contributed by atoms with van der Waals surface area (Å²) < 4.78 is 24.5. The largest absolute Gasteiger partial charge is 0.330 e. The van der Waals surface area contributed by atoms with E-state index in [2.05, 4.69) is 41.1 Å². The Morgan fingerprint density at radius 1 is 0.864 bits per heavy atom. The average molecular weight is 318 g/mol. The van der Waals surface area contributed by atoms with E-state index in [1.54, 1.807) is 0 Å². The Kier molecular flexibility index (Phi) is 5.71. The van der Waals surface area contributed by atoms with Crippen molar-refractivity contribution in [2.75, 3.05) is 19.3 Å². The summed E-state index contributed by atoms with van der Waals surface area (Å²) in [6.45, 7) is 1.08. The van der Waals surface area contributed by atoms with Crippen LogP contribution in [0, 0.1) is 0 Å². The molecule has 2 aromatic rings. The number of hydrogen-bond acceptors (Lipinski definition) is 3. The molecule has 0 radical (unpaired) electrons. The van der Waals surface area contributed by atoms with Gasteiger partial charge in [0.2, 0.25) is 10.0 Å². The first-order valence-corrected chi connectivity index (χ1v) is 9.20. The zero-order valence-corrected chi connectivity index (χ0v) is 13.6. The van der Waals surface area contributed by atoms with Crippen LogP contribution in [0.15, 0.2) is 48.5 Å². The molecule has 5 heteroatoms. The third kappa shape index (κ3) is 5.26. The molecule has 0 heterocycles. The summed E-state index contributed by atoms with van der Waals surface area (Å²) in [5, 5.41) is 0. The molecule has 0 saturated heterocycles. The maximum atomic E-state index is 11.0. The highest BCUT2D eigenvalue weighted by Gasteiger charge is 2.02. The number of nitrogens with two attached hydrogens (primary N) is 1. The van der Waals surface area contributed by atoms with Gasteiger partial charge in [0.25, 0.3) is 0 Å². The van der Waals surface area contributed by atoms with Gasteiger partial charge in [-0.1, -0.05) is 48.5 Å². The Labute approximate surface area is 132 Å². The maximum Gasteiger partial charge on any atom is 0.208 e. The minimum absolute atomic E-state index is 0.423. The van der Waals surface area contributed by atoms with Gasteiger partial charge in [0.1, 0.15) is 0 Å². The van der Waals surface area contributed by atoms with Gasteiger partial charge in [-0.05, 0) is 41.6 Å². The molecule has 0 spiro atoms. The van der Waals surface area contributed by atoms with E-state index >= 15 is 0 Å². The summed E-state index contributed by atoms with van der Waals surface area (Å²) in [7, 11) is -3.11. The van der Waals surface area contributed by atoms with Crippen molar-refractivity contribution in [2.24, 2.45) is 5.73 Å². The molecule has 0 aliphatic carbocycles. The molecule has 118 valence electrons. The summed E-state index contributed by atoms with van der Waals surface area (Å²) in [5.74, 6) is 0. The summed E-state index contributed by atoms with van der Waals surface area (Å²) in [5.41, 5.74) is 10.2. The molecule has 0 amide bonds. The second kappa shape index (κ2) is 7.54. The lowest BCUT2D eigenvalue weighted by molar-refractivity contribution is 0.588. The van der Waals surface area contributed by atoms with Crippen LogP contribution in [0.3, 0.4) is 0 Å². The number of hydrogen-bond donors (Lipinski definition) is 2. The second-order valence-electron chi connectivity index (χ2n) is 5.35. The van der Waals surface area contributed by atoms with E-state index in [9.17, 15) is 8.42 Å². The molecule has 2 rings (SSSR count). The standard InChI is InChI=1S/C17H22N2O2S/c1-22(20,21)19-13-11-15-4-8-17(9-5-15)16-6-2-14(3-7-16)10-12-18/h2-9,19H,10-13,18H2,1H3. The fourth-order valence-electron chi connectivity index (χ4n) is 2.28. The molecule has 2 aromatic carbocycles. The summed E-state index contributed by atoms with van der Waals surface area (Å²) in [6, 6.07) is 16.6. The van der Waals surface area contributed by atoms with Gasteiger partial charge in [0, 0.05) is 6.54 Å². The highest BCUT2D eigenvalue weighted by Crippen LogP contribution is 2.20. The van der Waals surface area contributed by atoms with Crippen LogP contribution in [0.4, 0.5) is 0 Å². The Hall–Kier alpha value is -1.69. The highest BCUT2D eigenvalue weighted by atomic mass is 32.2. The molecule has 22 heavy (non-hydrogen) atoms. The van der Waals surface area contributed by atoms with Crippen LogP contribution in [0.25, 0.3) is 11.1 Å². The minimum atomic E-state index is -3.11. The van der Waals surface area contributed by atoms with Crippen LogP contribution in [0.1, 0.15) is 11.1 Å². The predicted molar refractivity (Wildman–Crippen MR) is 91.2 cm³/mol. The lowest BCUT2D eigenvalue weighted by Gasteiger charge is -2.06. The van der Waals surface area contributed by atoms with Crippen molar-refractivity contribution in [3.63, 3.8) is 0 Å². The third-order valence-corrected chi connectivity index (χ3v) is 4.18. The zero-order valence-electron chi connectivity index (χ0n) is 12.7. The van der Waals surface area contributed by atoms with Gasteiger partial charge in [-0.25, -0.2) is 13.1 Å². The SMILES string of the molecule is CS(=O)(=O)NCCc1ccc(-c2ccc(CCN)cc2)cc1. The number of rotatable bonds is 7. The van der Waals surface area contributed by atoms with Gasteiger partial charge >= 0.3 is 0 Å². The first-order chi connectivity index (χ1) is 10.5. The normalized spacial score (nSPS) is 11.5. The number of nitrogens with one attached hydrogen (secondary N) is 1. The Bertz CT molecular complexity index is 692. The molecule has 0 saturated carbocycles. The van der Waals surface area contributed by atoms with Crippen LogP contribution >= 0.6 is 0 Å². The van der Waals surface area contributed by atoms with Crippen molar-refractivity contribution in [1.29, 1.82) is 0 Å². The number of benzene rings is 2. The first-order valence-electron chi connectivity index (χ1n) is 7.31. The molecule has 0 aromatic heterocycles. The van der Waals surface area contributed by atoms with Gasteiger partial charge in [-0.3, -0.25) is 0 Å². The molecule has 0 aliphatic heterocycles. The van der Waals surface area contributed by atoms with E-state index in [-0.39, 0.29) is 0 Å². The van der Waals surface area contributed by atoms with E-state index in [0.717, 1.165) is 17.5 Å². The van der Waals surface area contributed by atoms with Crippen molar-refractivity contribution >= 4 is 10.0 Å². The average Bonchev–Trinajstić information content (AvgIpc) is 2.48. The van der Waals surface area contributed by atoms with Crippen molar-refractivity contribution in [1.82, 2.24) is 4.72 Å². The summed E-state index contributed by atoms with van der Waals surface area (Å²) >= 11 is 0. The molecule has 0 atom stereocenters. The van der Waals surface area contributed by atoms with Crippen molar-refractivity contribution < 1.29 is 8.42 Å². The molecular formula is C17H22N2O2S. The second-order valence-corrected chi connectivity index (χ2v) is 7.18. The van der Waals surface area contributed by atoms with Gasteiger partial charge in [0.05, 0.1) is 6.26 Å². The quantitative estimate of drug-likeness (QED) is 0.819. The third-order valence-electron chi connectivity index (χ3n) is 3.45. The fraction of sp³-hybridized carbons (Fsp3) is 0.294. The topological polar surface area (TPSA) is 72.2 Å². The Morgan fingerprint density at radius 2 is 1.32 bits per heavy atom. The van der Waals surface area contributed by atoms with Crippen LogP contribution in [0.5, 0.6) is 0 Å². The summed E-state index contributed by atoms with van der Waals surface area (Å²) in [4.78, 5) is 0. The van der Waals surface area contributed by atoms with E-state index in [1.165, 1.54) is 17.4 Å². The van der Waals surface area contributed by atoms with Gasteiger partial charge in [0.15, 0.2) is 0 Å². The lowest BCUT2D eigenvalue weighted by Crippen LogP contribution is -2.24. The molecular weight excluding hydrogens is 296 g/mol. The monoisotopic (exact) mass is 318 g/mol. The molecule has 0 aliphatic rings. The highest BCUT2D eigenvalue weighted by molar-refractivity contribution is 7.88. The molecule has 0 unspecified atom stereocenters. The Morgan fingerprint density at radius 3 is 1.73 bits per heavy atom. The van der Waals surface area contributed by atoms with E-state index in [0.29, 0.717) is 19.5 Å². The number of sulfonamides is 1. The van der Waals surface area contributed by atoms with Gasteiger partial charge in [-0.2, -0.15) is 0 Å². The van der Waals surface area contributed by atoms with Crippen molar-refractivity contribution in [2.45, 2.75) is 12.8 Å². The summed E-state index contributed by atoms with van der Waals surface area (Å²) in [6.07, 6.45) is 2.75. The zero-order chi connectivity index (χ0) is 16.0. The van der Waals surface area contributed by atoms with Crippen LogP contribution in [0.2, 0.25) is 0 Å². The van der Waals surface area contributed by atoms with E-state index < -0.39 is 10.0 Å².